The van der Waals surface area contributed by atoms with E-state index in [-0.39, 0.29) is 11.4 Å². The minimum atomic E-state index is -0.224. The third-order valence-electron chi connectivity index (χ3n) is 3.95. The maximum absolute atomic E-state index is 13.1. The summed E-state index contributed by atoms with van der Waals surface area (Å²) in [6, 6.07) is 4.97. The van der Waals surface area contributed by atoms with Crippen LogP contribution in [0, 0.1) is 18.7 Å². The van der Waals surface area contributed by atoms with Crippen LogP contribution in [0.15, 0.2) is 18.2 Å². The minimum absolute atomic E-state index is 0.171. The summed E-state index contributed by atoms with van der Waals surface area (Å²) in [7, 11) is 0. The summed E-state index contributed by atoms with van der Waals surface area (Å²) in [5.74, 6) is 0.560. The predicted molar refractivity (Wildman–Crippen MR) is 64.6 cm³/mol. The van der Waals surface area contributed by atoms with Gasteiger partial charge in [-0.2, -0.15) is 0 Å². The highest BCUT2D eigenvalue weighted by Crippen LogP contribution is 2.42. The molecular weight excluding hydrogens is 201 g/mol. The summed E-state index contributed by atoms with van der Waals surface area (Å²) < 4.78 is 13.1. The number of hydrogen-bond donors (Lipinski definition) is 1. The molecule has 16 heavy (non-hydrogen) atoms. The van der Waals surface area contributed by atoms with Crippen molar-refractivity contribution in [1.82, 2.24) is 0 Å². The predicted octanol–water partition coefficient (Wildman–Crippen LogP) is 3.50. The highest BCUT2D eigenvalue weighted by Gasteiger charge is 2.37. The SMILES string of the molecule is CCC1CCC(N)(c2ccc(F)cc2C)C1. The molecule has 0 amide bonds. The van der Waals surface area contributed by atoms with Crippen LogP contribution in [0.4, 0.5) is 4.39 Å². The Morgan fingerprint density at radius 2 is 2.25 bits per heavy atom. The molecule has 0 spiro atoms. The topological polar surface area (TPSA) is 26.0 Å². The molecule has 1 nitrogen and oxygen atoms in total. The van der Waals surface area contributed by atoms with Gasteiger partial charge in [0.1, 0.15) is 5.82 Å². The fourth-order valence-electron chi connectivity index (χ4n) is 2.96. The molecule has 2 N–H and O–H groups in total. The van der Waals surface area contributed by atoms with Crippen molar-refractivity contribution in [1.29, 1.82) is 0 Å². The number of halogens is 1. The number of rotatable bonds is 2. The molecule has 0 aliphatic heterocycles. The molecule has 1 aliphatic rings. The van der Waals surface area contributed by atoms with Crippen molar-refractivity contribution in [2.24, 2.45) is 11.7 Å². The van der Waals surface area contributed by atoms with Gasteiger partial charge in [-0.25, -0.2) is 4.39 Å². The van der Waals surface area contributed by atoms with Gasteiger partial charge < -0.3 is 5.73 Å². The van der Waals surface area contributed by atoms with Crippen molar-refractivity contribution in [2.45, 2.75) is 45.1 Å². The van der Waals surface area contributed by atoms with Gasteiger partial charge in [-0.05, 0) is 55.4 Å². The van der Waals surface area contributed by atoms with Gasteiger partial charge in [-0.1, -0.05) is 19.4 Å². The second-order valence-electron chi connectivity index (χ2n) is 5.13. The van der Waals surface area contributed by atoms with E-state index in [0.29, 0.717) is 0 Å². The Morgan fingerprint density at radius 1 is 1.50 bits per heavy atom. The lowest BCUT2D eigenvalue weighted by atomic mass is 9.85. The first-order chi connectivity index (χ1) is 7.55. The zero-order valence-electron chi connectivity index (χ0n) is 10.1. The first-order valence-corrected chi connectivity index (χ1v) is 6.10. The molecule has 0 saturated heterocycles. The molecule has 0 aromatic heterocycles. The summed E-state index contributed by atoms with van der Waals surface area (Å²) in [5, 5.41) is 0. The van der Waals surface area contributed by atoms with Crippen LogP contribution < -0.4 is 5.73 Å². The average Bonchev–Trinajstić information content (AvgIpc) is 2.61. The van der Waals surface area contributed by atoms with Gasteiger partial charge in [0, 0.05) is 5.54 Å². The summed E-state index contributed by atoms with van der Waals surface area (Å²) in [5.41, 5.74) is 8.37. The van der Waals surface area contributed by atoms with Crippen molar-refractivity contribution in [3.05, 3.63) is 35.1 Å². The number of nitrogens with two attached hydrogens (primary N) is 1. The molecule has 2 heteroatoms. The van der Waals surface area contributed by atoms with Crippen molar-refractivity contribution in [3.63, 3.8) is 0 Å². The van der Waals surface area contributed by atoms with E-state index in [9.17, 15) is 4.39 Å². The van der Waals surface area contributed by atoms with Crippen LogP contribution in [0.25, 0.3) is 0 Å². The molecule has 1 saturated carbocycles. The van der Waals surface area contributed by atoms with Crippen LogP contribution in [0.5, 0.6) is 0 Å². The molecule has 1 aromatic rings. The summed E-state index contributed by atoms with van der Waals surface area (Å²) in [6.45, 7) is 4.17. The van der Waals surface area contributed by atoms with Gasteiger partial charge >= 0.3 is 0 Å². The first kappa shape index (κ1) is 11.6. The van der Waals surface area contributed by atoms with E-state index in [0.717, 1.165) is 29.9 Å². The molecule has 1 fully saturated rings. The maximum atomic E-state index is 13.1. The number of hydrogen-bond acceptors (Lipinski definition) is 1. The van der Waals surface area contributed by atoms with Crippen LogP contribution >= 0.6 is 0 Å². The molecule has 2 atom stereocenters. The van der Waals surface area contributed by atoms with E-state index in [4.69, 9.17) is 5.73 Å². The minimum Gasteiger partial charge on any atom is -0.321 e. The van der Waals surface area contributed by atoms with Crippen molar-refractivity contribution < 1.29 is 4.39 Å². The Bertz CT molecular complexity index is 388. The molecule has 1 aromatic carbocycles. The smallest absolute Gasteiger partial charge is 0.123 e. The van der Waals surface area contributed by atoms with Crippen LogP contribution in [0.3, 0.4) is 0 Å². The fourth-order valence-corrected chi connectivity index (χ4v) is 2.96. The van der Waals surface area contributed by atoms with Gasteiger partial charge in [0.25, 0.3) is 0 Å². The Balaban J connectivity index is 2.30. The molecule has 2 unspecified atom stereocenters. The van der Waals surface area contributed by atoms with E-state index in [1.807, 2.05) is 13.0 Å². The Kier molecular flexibility index (Phi) is 3.02. The standard InChI is InChI=1S/C14H20FN/c1-3-11-6-7-14(16,9-11)13-5-4-12(15)8-10(13)2/h4-5,8,11H,3,6-7,9,16H2,1-2H3. The summed E-state index contributed by atoms with van der Waals surface area (Å²) >= 11 is 0. The Labute approximate surface area is 96.9 Å². The van der Waals surface area contributed by atoms with Crippen molar-refractivity contribution >= 4 is 0 Å². The molecular formula is C14H20FN. The van der Waals surface area contributed by atoms with Crippen LogP contribution in [0.2, 0.25) is 0 Å². The van der Waals surface area contributed by atoms with Gasteiger partial charge in [-0.3, -0.25) is 0 Å². The van der Waals surface area contributed by atoms with Gasteiger partial charge in [0.15, 0.2) is 0 Å². The number of benzene rings is 1. The first-order valence-electron chi connectivity index (χ1n) is 6.10. The second-order valence-corrected chi connectivity index (χ2v) is 5.13. The summed E-state index contributed by atoms with van der Waals surface area (Å²) in [4.78, 5) is 0. The van der Waals surface area contributed by atoms with Crippen LogP contribution in [-0.4, -0.2) is 0 Å². The largest absolute Gasteiger partial charge is 0.321 e. The molecule has 0 radical (unpaired) electrons. The molecule has 1 aliphatic carbocycles. The third-order valence-corrected chi connectivity index (χ3v) is 3.95. The van der Waals surface area contributed by atoms with E-state index < -0.39 is 0 Å². The Hall–Kier alpha value is -0.890. The van der Waals surface area contributed by atoms with E-state index in [2.05, 4.69) is 6.92 Å². The molecule has 88 valence electrons. The second kappa shape index (κ2) is 4.17. The highest BCUT2D eigenvalue weighted by molar-refractivity contribution is 5.34. The zero-order chi connectivity index (χ0) is 11.8. The third kappa shape index (κ3) is 1.99. The maximum Gasteiger partial charge on any atom is 0.123 e. The highest BCUT2D eigenvalue weighted by atomic mass is 19.1. The van der Waals surface area contributed by atoms with Gasteiger partial charge in [0.2, 0.25) is 0 Å². The lowest BCUT2D eigenvalue weighted by molar-refractivity contribution is 0.422. The lowest BCUT2D eigenvalue weighted by Crippen LogP contribution is -2.34. The fraction of sp³-hybridized carbons (Fsp3) is 0.571. The quantitative estimate of drug-likeness (QED) is 0.812. The lowest BCUT2D eigenvalue weighted by Gasteiger charge is -2.27. The van der Waals surface area contributed by atoms with E-state index >= 15 is 0 Å². The van der Waals surface area contributed by atoms with Gasteiger partial charge in [-0.15, -0.1) is 0 Å². The number of aryl methyl sites for hydroxylation is 1. The van der Waals surface area contributed by atoms with Crippen molar-refractivity contribution in [2.75, 3.05) is 0 Å². The molecule has 2 rings (SSSR count). The monoisotopic (exact) mass is 221 g/mol. The molecule has 0 bridgehead atoms. The van der Waals surface area contributed by atoms with E-state index in [1.54, 1.807) is 6.07 Å². The zero-order valence-corrected chi connectivity index (χ0v) is 10.1. The summed E-state index contributed by atoms with van der Waals surface area (Å²) in [6.07, 6.45) is 4.46. The average molecular weight is 221 g/mol. The Morgan fingerprint density at radius 3 is 2.81 bits per heavy atom. The van der Waals surface area contributed by atoms with Crippen LogP contribution in [-0.2, 0) is 5.54 Å². The van der Waals surface area contributed by atoms with Crippen molar-refractivity contribution in [3.8, 4) is 0 Å². The molecule has 0 heterocycles. The normalized spacial score (nSPS) is 29.6. The van der Waals surface area contributed by atoms with Gasteiger partial charge in [0.05, 0.1) is 0 Å². The van der Waals surface area contributed by atoms with Crippen LogP contribution in [0.1, 0.15) is 43.7 Å². The van der Waals surface area contributed by atoms with E-state index in [1.165, 1.54) is 18.9 Å².